The molecule has 3 rings (SSSR count). The number of likely N-dealkylation sites (tertiary alicyclic amines) is 1. The Hall–Kier alpha value is -1.26. The van der Waals surface area contributed by atoms with Gasteiger partial charge < -0.3 is 4.52 Å². The van der Waals surface area contributed by atoms with Crippen molar-refractivity contribution in [2.75, 3.05) is 12.8 Å². The molecule has 2 heterocycles. The van der Waals surface area contributed by atoms with Crippen LogP contribution in [-0.4, -0.2) is 22.9 Å². The van der Waals surface area contributed by atoms with Gasteiger partial charge in [0.05, 0.1) is 5.69 Å². The minimum absolute atomic E-state index is 0.460. The predicted molar refractivity (Wildman–Crippen MR) is 91.2 cm³/mol. The van der Waals surface area contributed by atoms with Gasteiger partial charge in [-0.15, -0.1) is 11.8 Å². The van der Waals surface area contributed by atoms with Gasteiger partial charge in [-0.3, -0.25) is 4.90 Å². The Labute approximate surface area is 137 Å². The molecule has 1 aliphatic rings. The number of hydrogen-bond acceptors (Lipinski definition) is 4. The van der Waals surface area contributed by atoms with Crippen LogP contribution >= 0.6 is 11.8 Å². The lowest BCUT2D eigenvalue weighted by molar-refractivity contribution is 0.245. The number of nitrogens with zero attached hydrogens (tertiary/aromatic N) is 2. The van der Waals surface area contributed by atoms with Crippen molar-refractivity contribution in [3.8, 4) is 0 Å². The van der Waals surface area contributed by atoms with Gasteiger partial charge in [-0.1, -0.05) is 24.2 Å². The predicted octanol–water partition coefficient (Wildman–Crippen LogP) is 4.60. The number of aryl methyl sites for hydroxylation is 2. The van der Waals surface area contributed by atoms with Gasteiger partial charge >= 0.3 is 0 Å². The molecule has 1 saturated heterocycles. The molecular formula is C18H24N2OS. The first-order chi connectivity index (χ1) is 10.7. The molecule has 1 aromatic heterocycles. The Kier molecular flexibility index (Phi) is 4.89. The molecule has 4 heteroatoms. The Bertz CT molecular complexity index is 621. The van der Waals surface area contributed by atoms with E-state index in [9.17, 15) is 0 Å². The zero-order valence-corrected chi connectivity index (χ0v) is 14.4. The summed E-state index contributed by atoms with van der Waals surface area (Å²) in [7, 11) is 0. The van der Waals surface area contributed by atoms with Crippen LogP contribution in [0, 0.1) is 6.92 Å². The highest BCUT2D eigenvalue weighted by atomic mass is 32.2. The van der Waals surface area contributed by atoms with Crippen molar-refractivity contribution in [1.82, 2.24) is 10.1 Å². The summed E-state index contributed by atoms with van der Waals surface area (Å²) in [5, 5.41) is 4.19. The molecule has 1 atom stereocenters. The first-order valence-corrected chi connectivity index (χ1v) is 9.27. The zero-order valence-electron chi connectivity index (χ0n) is 13.6. The normalized spacial score (nSPS) is 19.0. The highest BCUT2D eigenvalue weighted by molar-refractivity contribution is 7.98. The summed E-state index contributed by atoms with van der Waals surface area (Å²) in [5.41, 5.74) is 3.78. The van der Waals surface area contributed by atoms with Crippen molar-refractivity contribution < 1.29 is 4.52 Å². The van der Waals surface area contributed by atoms with E-state index in [0.717, 1.165) is 31.0 Å². The van der Waals surface area contributed by atoms with Crippen LogP contribution in [0.5, 0.6) is 0 Å². The summed E-state index contributed by atoms with van der Waals surface area (Å²) < 4.78 is 5.51. The van der Waals surface area contributed by atoms with E-state index in [2.05, 4.69) is 54.4 Å². The fraction of sp³-hybridized carbons (Fsp3) is 0.500. The highest BCUT2D eigenvalue weighted by Gasteiger charge is 2.31. The molecule has 22 heavy (non-hydrogen) atoms. The molecule has 0 amide bonds. The standard InChI is InChI=1S/C18H24N2OS/c1-4-17-18(13(2)19-21-17)16-6-5-11-20(16)12-14-7-9-15(22-3)10-8-14/h7-10,16H,4-6,11-12H2,1-3H3/t16-/m1/s1. The molecule has 0 saturated carbocycles. The Morgan fingerprint density at radius 2 is 2.09 bits per heavy atom. The molecule has 0 unspecified atom stereocenters. The smallest absolute Gasteiger partial charge is 0.141 e. The van der Waals surface area contributed by atoms with Crippen molar-refractivity contribution in [2.24, 2.45) is 0 Å². The van der Waals surface area contributed by atoms with Crippen LogP contribution < -0.4 is 0 Å². The molecule has 0 radical (unpaired) electrons. The van der Waals surface area contributed by atoms with Crippen molar-refractivity contribution in [2.45, 2.75) is 50.6 Å². The van der Waals surface area contributed by atoms with Gasteiger partial charge in [-0.05, 0) is 50.3 Å². The molecule has 1 aliphatic heterocycles. The van der Waals surface area contributed by atoms with Crippen LogP contribution in [0.25, 0.3) is 0 Å². The SMILES string of the molecule is CCc1onc(C)c1[C@H]1CCCN1Cc1ccc(SC)cc1. The summed E-state index contributed by atoms with van der Waals surface area (Å²) in [4.78, 5) is 3.90. The lowest BCUT2D eigenvalue weighted by atomic mass is 10.0. The largest absolute Gasteiger partial charge is 0.361 e. The summed E-state index contributed by atoms with van der Waals surface area (Å²) in [6.07, 6.45) is 5.49. The molecule has 3 nitrogen and oxygen atoms in total. The monoisotopic (exact) mass is 316 g/mol. The van der Waals surface area contributed by atoms with Crippen molar-refractivity contribution in [3.63, 3.8) is 0 Å². The topological polar surface area (TPSA) is 29.3 Å². The van der Waals surface area contributed by atoms with Gasteiger partial charge in [0.2, 0.25) is 0 Å². The molecule has 1 fully saturated rings. The number of rotatable bonds is 5. The quantitative estimate of drug-likeness (QED) is 0.754. The van der Waals surface area contributed by atoms with Gasteiger partial charge in [0.25, 0.3) is 0 Å². The minimum Gasteiger partial charge on any atom is -0.361 e. The average Bonchev–Trinajstić information content (AvgIpc) is 3.14. The fourth-order valence-electron chi connectivity index (χ4n) is 3.41. The molecule has 118 valence electrons. The molecule has 0 aliphatic carbocycles. The van der Waals surface area contributed by atoms with Crippen LogP contribution in [0.3, 0.4) is 0 Å². The van der Waals surface area contributed by atoms with Gasteiger partial charge in [0, 0.05) is 29.5 Å². The van der Waals surface area contributed by atoms with Crippen LogP contribution in [-0.2, 0) is 13.0 Å². The van der Waals surface area contributed by atoms with Crippen LogP contribution in [0.1, 0.15) is 48.4 Å². The zero-order chi connectivity index (χ0) is 15.5. The Morgan fingerprint density at radius 3 is 2.77 bits per heavy atom. The van der Waals surface area contributed by atoms with Crippen molar-refractivity contribution >= 4 is 11.8 Å². The summed E-state index contributed by atoms with van der Waals surface area (Å²) in [5.74, 6) is 1.06. The number of hydrogen-bond donors (Lipinski definition) is 0. The maximum atomic E-state index is 5.51. The third kappa shape index (κ3) is 3.08. The van der Waals surface area contributed by atoms with E-state index in [1.54, 1.807) is 11.8 Å². The van der Waals surface area contributed by atoms with Gasteiger partial charge in [-0.2, -0.15) is 0 Å². The van der Waals surface area contributed by atoms with E-state index in [1.165, 1.54) is 28.9 Å². The average molecular weight is 316 g/mol. The molecular weight excluding hydrogens is 292 g/mol. The summed E-state index contributed by atoms with van der Waals surface area (Å²) in [6, 6.07) is 9.40. The van der Waals surface area contributed by atoms with Gasteiger partial charge in [0.15, 0.2) is 0 Å². The summed E-state index contributed by atoms with van der Waals surface area (Å²) in [6.45, 7) is 6.38. The van der Waals surface area contributed by atoms with E-state index in [4.69, 9.17) is 4.52 Å². The van der Waals surface area contributed by atoms with Crippen LogP contribution in [0.4, 0.5) is 0 Å². The second kappa shape index (κ2) is 6.88. The molecule has 0 bridgehead atoms. The Balaban J connectivity index is 1.79. The van der Waals surface area contributed by atoms with E-state index >= 15 is 0 Å². The number of benzene rings is 1. The number of aromatic nitrogens is 1. The van der Waals surface area contributed by atoms with Gasteiger partial charge in [0.1, 0.15) is 5.76 Å². The lowest BCUT2D eigenvalue weighted by Gasteiger charge is -2.24. The molecule has 2 aromatic rings. The van der Waals surface area contributed by atoms with Crippen LogP contribution in [0.15, 0.2) is 33.7 Å². The molecule has 1 aromatic carbocycles. The number of thioether (sulfide) groups is 1. The maximum absolute atomic E-state index is 5.51. The summed E-state index contributed by atoms with van der Waals surface area (Å²) >= 11 is 1.79. The van der Waals surface area contributed by atoms with Gasteiger partial charge in [-0.25, -0.2) is 0 Å². The lowest BCUT2D eigenvalue weighted by Crippen LogP contribution is -2.23. The van der Waals surface area contributed by atoms with E-state index in [1.807, 2.05) is 0 Å². The maximum Gasteiger partial charge on any atom is 0.141 e. The van der Waals surface area contributed by atoms with Crippen molar-refractivity contribution in [3.05, 3.63) is 46.8 Å². The van der Waals surface area contributed by atoms with E-state index < -0.39 is 0 Å². The van der Waals surface area contributed by atoms with E-state index in [0.29, 0.717) is 6.04 Å². The van der Waals surface area contributed by atoms with E-state index in [-0.39, 0.29) is 0 Å². The second-order valence-electron chi connectivity index (χ2n) is 5.93. The molecule has 0 spiro atoms. The minimum atomic E-state index is 0.460. The van der Waals surface area contributed by atoms with Crippen LogP contribution in [0.2, 0.25) is 0 Å². The Morgan fingerprint density at radius 1 is 1.32 bits per heavy atom. The van der Waals surface area contributed by atoms with Crippen molar-refractivity contribution in [1.29, 1.82) is 0 Å². The second-order valence-corrected chi connectivity index (χ2v) is 6.81. The highest BCUT2D eigenvalue weighted by Crippen LogP contribution is 2.37. The molecule has 0 N–H and O–H groups in total. The third-order valence-electron chi connectivity index (χ3n) is 4.55. The third-order valence-corrected chi connectivity index (χ3v) is 5.29. The first-order valence-electron chi connectivity index (χ1n) is 8.05. The first kappa shape index (κ1) is 15.6. The fourth-order valence-corrected chi connectivity index (χ4v) is 3.82.